The van der Waals surface area contributed by atoms with Crippen molar-refractivity contribution in [1.82, 2.24) is 14.8 Å². The number of para-hydroxylation sites is 1. The first kappa shape index (κ1) is 22.6. The Bertz CT molecular complexity index is 1430. The van der Waals surface area contributed by atoms with Crippen molar-refractivity contribution in [2.24, 2.45) is 11.8 Å². The van der Waals surface area contributed by atoms with Gasteiger partial charge in [-0.25, -0.2) is 0 Å². The van der Waals surface area contributed by atoms with Crippen LogP contribution in [0.2, 0.25) is 0 Å². The van der Waals surface area contributed by atoms with Gasteiger partial charge < -0.3 is 14.8 Å². The van der Waals surface area contributed by atoms with Gasteiger partial charge >= 0.3 is 0 Å². The van der Waals surface area contributed by atoms with E-state index in [1.807, 2.05) is 59.5 Å². The fraction of sp³-hybridized carbons (Fsp3) is 0.290. The minimum atomic E-state index is -0.344. The number of amides is 2. The fourth-order valence-corrected chi connectivity index (χ4v) is 6.24. The highest BCUT2D eigenvalue weighted by Gasteiger charge is 2.41. The highest BCUT2D eigenvalue weighted by atomic mass is 16.2. The lowest BCUT2D eigenvalue weighted by molar-refractivity contribution is -0.134. The molecule has 3 unspecified atom stereocenters. The van der Waals surface area contributed by atoms with E-state index in [1.165, 1.54) is 0 Å². The van der Waals surface area contributed by atoms with E-state index in [2.05, 4.69) is 43.1 Å². The SMILES string of the molecule is CC1CC(C)CN(C(=O)CN2C(=O)c3ccccc3C2c2c(-c3ccccc3)[nH]c3ccccc23)C1. The molecule has 1 saturated heterocycles. The maximum Gasteiger partial charge on any atom is 0.255 e. The number of aromatic amines is 1. The van der Waals surface area contributed by atoms with Crippen molar-refractivity contribution in [2.45, 2.75) is 26.3 Å². The number of H-pyrrole nitrogens is 1. The van der Waals surface area contributed by atoms with Gasteiger partial charge in [-0.3, -0.25) is 9.59 Å². The molecule has 4 aromatic rings. The average molecular weight is 478 g/mol. The molecule has 3 aromatic carbocycles. The van der Waals surface area contributed by atoms with Crippen LogP contribution in [-0.2, 0) is 4.79 Å². The van der Waals surface area contributed by atoms with E-state index in [9.17, 15) is 9.59 Å². The number of benzene rings is 3. The Morgan fingerprint density at radius 1 is 0.889 bits per heavy atom. The molecule has 2 amide bonds. The Hall–Kier alpha value is -3.86. The molecule has 1 aromatic heterocycles. The van der Waals surface area contributed by atoms with E-state index in [0.29, 0.717) is 17.4 Å². The second kappa shape index (κ2) is 8.98. The van der Waals surface area contributed by atoms with Crippen molar-refractivity contribution >= 4 is 22.7 Å². The van der Waals surface area contributed by atoms with Gasteiger partial charge in [0.25, 0.3) is 5.91 Å². The van der Waals surface area contributed by atoms with Crippen LogP contribution in [0, 0.1) is 11.8 Å². The lowest BCUT2D eigenvalue weighted by Crippen LogP contribution is -2.47. The monoisotopic (exact) mass is 477 g/mol. The molecule has 5 heteroatoms. The van der Waals surface area contributed by atoms with Gasteiger partial charge in [0.15, 0.2) is 0 Å². The van der Waals surface area contributed by atoms with Crippen molar-refractivity contribution in [3.8, 4) is 11.3 Å². The first-order chi connectivity index (χ1) is 17.5. The van der Waals surface area contributed by atoms with Crippen LogP contribution >= 0.6 is 0 Å². The van der Waals surface area contributed by atoms with Gasteiger partial charge in [0.1, 0.15) is 6.54 Å². The predicted molar refractivity (Wildman–Crippen MR) is 143 cm³/mol. The highest BCUT2D eigenvalue weighted by molar-refractivity contribution is 6.03. The summed E-state index contributed by atoms with van der Waals surface area (Å²) in [6.07, 6.45) is 1.14. The van der Waals surface area contributed by atoms with Gasteiger partial charge in [-0.15, -0.1) is 0 Å². The Morgan fingerprint density at radius 3 is 2.33 bits per heavy atom. The Labute approximate surface area is 211 Å². The molecule has 0 saturated carbocycles. The van der Waals surface area contributed by atoms with Crippen LogP contribution in [-0.4, -0.2) is 46.2 Å². The van der Waals surface area contributed by atoms with Crippen molar-refractivity contribution < 1.29 is 9.59 Å². The minimum absolute atomic E-state index is 0.0284. The maximum atomic E-state index is 13.8. The average Bonchev–Trinajstić information content (AvgIpc) is 3.39. The number of carbonyl (C=O) groups is 2. The van der Waals surface area contributed by atoms with Crippen LogP contribution in [0.5, 0.6) is 0 Å². The van der Waals surface area contributed by atoms with Crippen LogP contribution in [0.4, 0.5) is 0 Å². The summed E-state index contributed by atoms with van der Waals surface area (Å²) >= 11 is 0. The predicted octanol–water partition coefficient (Wildman–Crippen LogP) is 5.88. The number of aromatic nitrogens is 1. The van der Waals surface area contributed by atoms with Crippen LogP contribution in [0.3, 0.4) is 0 Å². The smallest absolute Gasteiger partial charge is 0.255 e. The molecule has 3 atom stereocenters. The van der Waals surface area contributed by atoms with E-state index >= 15 is 0 Å². The zero-order valence-corrected chi connectivity index (χ0v) is 20.8. The number of hydrogen-bond acceptors (Lipinski definition) is 2. The van der Waals surface area contributed by atoms with E-state index in [0.717, 1.165) is 52.8 Å². The standard InChI is InChI=1S/C31H31N3O2/c1-20-16-21(2)18-33(17-20)27(35)19-34-30(23-12-6-7-13-24(23)31(34)36)28-25-14-8-9-15-26(25)32-29(28)22-10-4-3-5-11-22/h3-15,20-21,30,32H,16-19H2,1-2H3. The molecule has 0 aliphatic carbocycles. The Balaban J connectivity index is 1.48. The van der Waals surface area contributed by atoms with Gasteiger partial charge in [0, 0.05) is 35.1 Å². The summed E-state index contributed by atoms with van der Waals surface area (Å²) in [5, 5.41) is 1.07. The molecule has 2 aliphatic rings. The Morgan fingerprint density at radius 2 is 1.56 bits per heavy atom. The van der Waals surface area contributed by atoms with Gasteiger partial charge in [-0.2, -0.15) is 0 Å². The zero-order valence-electron chi connectivity index (χ0n) is 20.8. The number of nitrogens with zero attached hydrogens (tertiary/aromatic N) is 2. The second-order valence-electron chi connectivity index (χ2n) is 10.5. The molecule has 1 fully saturated rings. The summed E-state index contributed by atoms with van der Waals surface area (Å²) in [6, 6.07) is 25.9. The quantitative estimate of drug-likeness (QED) is 0.399. The molecule has 1 N–H and O–H groups in total. The number of carbonyl (C=O) groups excluding carboxylic acids is 2. The third-order valence-corrected chi connectivity index (χ3v) is 7.67. The summed E-state index contributed by atoms with van der Waals surface area (Å²) in [5.74, 6) is 0.892. The van der Waals surface area contributed by atoms with Crippen molar-refractivity contribution in [3.63, 3.8) is 0 Å². The number of likely N-dealkylation sites (tertiary alicyclic amines) is 1. The first-order valence-electron chi connectivity index (χ1n) is 12.8. The van der Waals surface area contributed by atoms with Crippen LogP contribution < -0.4 is 0 Å². The summed E-state index contributed by atoms with van der Waals surface area (Å²) in [6.45, 7) is 5.99. The van der Waals surface area contributed by atoms with Crippen molar-refractivity contribution in [3.05, 3.63) is 95.6 Å². The van der Waals surface area contributed by atoms with Crippen LogP contribution in [0.1, 0.15) is 47.8 Å². The zero-order chi connectivity index (χ0) is 24.8. The first-order valence-corrected chi connectivity index (χ1v) is 12.8. The molecule has 182 valence electrons. The number of fused-ring (bicyclic) bond motifs is 2. The molecule has 6 rings (SSSR count). The number of rotatable bonds is 4. The molecule has 36 heavy (non-hydrogen) atoms. The molecule has 0 radical (unpaired) electrons. The van der Waals surface area contributed by atoms with Crippen LogP contribution in [0.25, 0.3) is 22.2 Å². The summed E-state index contributed by atoms with van der Waals surface area (Å²) in [7, 11) is 0. The second-order valence-corrected chi connectivity index (χ2v) is 10.5. The third kappa shape index (κ3) is 3.79. The lowest BCUT2D eigenvalue weighted by Gasteiger charge is -2.36. The minimum Gasteiger partial charge on any atom is -0.354 e. The van der Waals surface area contributed by atoms with Gasteiger partial charge in [-0.1, -0.05) is 80.6 Å². The maximum absolute atomic E-state index is 13.8. The topological polar surface area (TPSA) is 56.4 Å². The third-order valence-electron chi connectivity index (χ3n) is 7.67. The summed E-state index contributed by atoms with van der Waals surface area (Å²) in [5.41, 5.74) is 5.75. The number of nitrogens with one attached hydrogen (secondary N) is 1. The molecular formula is C31H31N3O2. The molecule has 0 bridgehead atoms. The molecule has 0 spiro atoms. The highest BCUT2D eigenvalue weighted by Crippen LogP contribution is 2.45. The molecule has 2 aliphatic heterocycles. The fourth-order valence-electron chi connectivity index (χ4n) is 6.24. The van der Waals surface area contributed by atoms with E-state index in [1.54, 1.807) is 4.90 Å². The Kier molecular flexibility index (Phi) is 5.63. The van der Waals surface area contributed by atoms with Gasteiger partial charge in [0.2, 0.25) is 5.91 Å². The molecule has 3 heterocycles. The molecular weight excluding hydrogens is 446 g/mol. The molecule has 5 nitrogen and oxygen atoms in total. The summed E-state index contributed by atoms with van der Waals surface area (Å²) in [4.78, 5) is 34.7. The van der Waals surface area contributed by atoms with Gasteiger partial charge in [0.05, 0.1) is 11.7 Å². The normalized spacial score (nSPS) is 21.7. The number of piperidine rings is 1. The van der Waals surface area contributed by atoms with E-state index in [-0.39, 0.29) is 24.4 Å². The largest absolute Gasteiger partial charge is 0.354 e. The lowest BCUT2D eigenvalue weighted by atomic mass is 9.91. The van der Waals surface area contributed by atoms with E-state index < -0.39 is 0 Å². The van der Waals surface area contributed by atoms with Gasteiger partial charge in [-0.05, 0) is 41.5 Å². The van der Waals surface area contributed by atoms with Crippen molar-refractivity contribution in [2.75, 3.05) is 19.6 Å². The summed E-state index contributed by atoms with van der Waals surface area (Å²) < 4.78 is 0. The van der Waals surface area contributed by atoms with E-state index in [4.69, 9.17) is 0 Å². The van der Waals surface area contributed by atoms with Crippen LogP contribution in [0.15, 0.2) is 78.9 Å². The number of hydrogen-bond donors (Lipinski definition) is 1. The van der Waals surface area contributed by atoms with Crippen molar-refractivity contribution in [1.29, 1.82) is 0 Å².